The number of methoxy groups -OCH3 is 1. The zero-order valence-corrected chi connectivity index (χ0v) is 9.97. The highest BCUT2D eigenvalue weighted by Crippen LogP contribution is 2.09. The fourth-order valence-electron chi connectivity index (χ4n) is 1.52. The predicted molar refractivity (Wildman–Crippen MR) is 67.1 cm³/mol. The van der Waals surface area contributed by atoms with Crippen LogP contribution in [0.5, 0.6) is 5.75 Å². The van der Waals surface area contributed by atoms with Crippen molar-refractivity contribution < 1.29 is 4.74 Å². The minimum absolute atomic E-state index is 0.604. The quantitative estimate of drug-likeness (QED) is 0.874. The second-order valence-corrected chi connectivity index (χ2v) is 3.79. The molecule has 1 aromatic heterocycles. The highest BCUT2D eigenvalue weighted by atomic mass is 16.5. The van der Waals surface area contributed by atoms with Gasteiger partial charge in [-0.3, -0.25) is 0 Å². The summed E-state index contributed by atoms with van der Waals surface area (Å²) in [7, 11) is 1.60. The van der Waals surface area contributed by atoms with Gasteiger partial charge in [0.05, 0.1) is 19.5 Å². The zero-order chi connectivity index (χ0) is 12.1. The Bertz CT molecular complexity index is 482. The van der Waals surface area contributed by atoms with Crippen molar-refractivity contribution in [3.63, 3.8) is 0 Å². The van der Waals surface area contributed by atoms with Gasteiger partial charge in [0.25, 0.3) is 0 Å². The molecule has 2 rings (SSSR count). The molecule has 0 spiro atoms. The maximum absolute atomic E-state index is 4.99. The molecular formula is C13H15N3O. The van der Waals surface area contributed by atoms with E-state index in [0.717, 1.165) is 0 Å². The molecule has 0 saturated carbocycles. The monoisotopic (exact) mass is 229 g/mol. The van der Waals surface area contributed by atoms with Crippen LogP contribution in [0.25, 0.3) is 0 Å². The normalized spacial score (nSPS) is 10.0. The minimum Gasteiger partial charge on any atom is -0.494 e. The van der Waals surface area contributed by atoms with E-state index in [0.29, 0.717) is 18.2 Å². The van der Waals surface area contributed by atoms with Crippen molar-refractivity contribution in [3.8, 4) is 5.75 Å². The van der Waals surface area contributed by atoms with E-state index in [1.807, 2.05) is 6.07 Å². The first-order valence-electron chi connectivity index (χ1n) is 5.43. The lowest BCUT2D eigenvalue weighted by Crippen LogP contribution is -2.03. The van der Waals surface area contributed by atoms with Gasteiger partial charge in [-0.15, -0.1) is 0 Å². The number of aryl methyl sites for hydroxylation is 1. The molecule has 2 aromatic rings. The Morgan fingerprint density at radius 1 is 1.24 bits per heavy atom. The smallest absolute Gasteiger partial charge is 0.223 e. The lowest BCUT2D eigenvalue weighted by molar-refractivity contribution is 0.411. The molecule has 88 valence electrons. The standard InChI is InChI=1S/C13H15N3O/c1-10-4-3-5-11(6-10)7-14-13-15-8-12(17-2)9-16-13/h3-6,8-9H,7H2,1-2H3,(H,14,15,16). The Morgan fingerprint density at radius 2 is 2.00 bits per heavy atom. The van der Waals surface area contributed by atoms with Crippen LogP contribution in [0.15, 0.2) is 36.7 Å². The first kappa shape index (κ1) is 11.4. The van der Waals surface area contributed by atoms with E-state index >= 15 is 0 Å². The number of hydrogen-bond donors (Lipinski definition) is 1. The summed E-state index contributed by atoms with van der Waals surface area (Å²) in [5.41, 5.74) is 2.46. The number of hydrogen-bond acceptors (Lipinski definition) is 4. The SMILES string of the molecule is COc1cnc(NCc2cccc(C)c2)nc1. The van der Waals surface area contributed by atoms with E-state index in [1.165, 1.54) is 11.1 Å². The van der Waals surface area contributed by atoms with Gasteiger partial charge in [0.15, 0.2) is 5.75 Å². The summed E-state index contributed by atoms with van der Waals surface area (Å²) in [5.74, 6) is 1.26. The van der Waals surface area contributed by atoms with Crippen LogP contribution in [0.2, 0.25) is 0 Å². The van der Waals surface area contributed by atoms with Crippen LogP contribution in [-0.2, 0) is 6.54 Å². The number of anilines is 1. The lowest BCUT2D eigenvalue weighted by atomic mass is 10.1. The fraction of sp³-hybridized carbons (Fsp3) is 0.231. The highest BCUT2D eigenvalue weighted by molar-refractivity contribution is 5.30. The van der Waals surface area contributed by atoms with Gasteiger partial charge in [0.1, 0.15) is 0 Å². The number of ether oxygens (including phenoxy) is 1. The number of rotatable bonds is 4. The maximum atomic E-state index is 4.99. The second kappa shape index (κ2) is 5.30. The number of aromatic nitrogens is 2. The van der Waals surface area contributed by atoms with Crippen LogP contribution in [0.3, 0.4) is 0 Å². The summed E-state index contributed by atoms with van der Waals surface area (Å²) in [6, 6.07) is 8.33. The molecule has 0 fully saturated rings. The van der Waals surface area contributed by atoms with Gasteiger partial charge < -0.3 is 10.1 Å². The van der Waals surface area contributed by atoms with Crippen molar-refractivity contribution in [2.24, 2.45) is 0 Å². The lowest BCUT2D eigenvalue weighted by Gasteiger charge is -2.06. The summed E-state index contributed by atoms with van der Waals surface area (Å²) in [6.07, 6.45) is 3.29. The Kier molecular flexibility index (Phi) is 3.55. The van der Waals surface area contributed by atoms with E-state index < -0.39 is 0 Å². The summed E-state index contributed by atoms with van der Waals surface area (Å²) < 4.78 is 4.99. The number of benzene rings is 1. The topological polar surface area (TPSA) is 47.0 Å². The molecule has 0 saturated heterocycles. The third-order valence-corrected chi connectivity index (χ3v) is 2.40. The maximum Gasteiger partial charge on any atom is 0.223 e. The van der Waals surface area contributed by atoms with Gasteiger partial charge >= 0.3 is 0 Å². The average Bonchev–Trinajstić information content (AvgIpc) is 2.37. The second-order valence-electron chi connectivity index (χ2n) is 3.79. The van der Waals surface area contributed by atoms with Crippen LogP contribution in [-0.4, -0.2) is 17.1 Å². The molecule has 0 aliphatic carbocycles. The first-order chi connectivity index (χ1) is 8.28. The molecule has 0 unspecified atom stereocenters. The van der Waals surface area contributed by atoms with Crippen molar-refractivity contribution >= 4 is 5.95 Å². The number of nitrogens with zero attached hydrogens (tertiary/aromatic N) is 2. The van der Waals surface area contributed by atoms with Crippen LogP contribution < -0.4 is 10.1 Å². The average molecular weight is 229 g/mol. The highest BCUT2D eigenvalue weighted by Gasteiger charge is 1.97. The molecule has 4 heteroatoms. The molecule has 1 aromatic carbocycles. The van der Waals surface area contributed by atoms with E-state index in [4.69, 9.17) is 4.74 Å². The van der Waals surface area contributed by atoms with Crippen LogP contribution in [0.1, 0.15) is 11.1 Å². The third-order valence-electron chi connectivity index (χ3n) is 2.40. The molecule has 0 amide bonds. The van der Waals surface area contributed by atoms with Gasteiger partial charge in [-0.05, 0) is 12.5 Å². The number of nitrogens with one attached hydrogen (secondary N) is 1. The summed E-state index contributed by atoms with van der Waals surface area (Å²) in [5, 5.41) is 3.16. The summed E-state index contributed by atoms with van der Waals surface area (Å²) in [6.45, 7) is 2.79. The first-order valence-corrected chi connectivity index (χ1v) is 5.43. The van der Waals surface area contributed by atoms with E-state index in [-0.39, 0.29) is 0 Å². The van der Waals surface area contributed by atoms with Gasteiger partial charge in [-0.2, -0.15) is 0 Å². The minimum atomic E-state index is 0.604. The van der Waals surface area contributed by atoms with Crippen LogP contribution >= 0.6 is 0 Å². The molecule has 17 heavy (non-hydrogen) atoms. The third kappa shape index (κ3) is 3.17. The van der Waals surface area contributed by atoms with Crippen molar-refractivity contribution in [2.45, 2.75) is 13.5 Å². The Balaban J connectivity index is 1.97. The fourth-order valence-corrected chi connectivity index (χ4v) is 1.52. The molecule has 0 atom stereocenters. The van der Waals surface area contributed by atoms with E-state index in [9.17, 15) is 0 Å². The predicted octanol–water partition coefficient (Wildman–Crippen LogP) is 2.41. The molecule has 0 aliphatic rings. The van der Waals surface area contributed by atoms with Crippen LogP contribution in [0.4, 0.5) is 5.95 Å². The van der Waals surface area contributed by atoms with Gasteiger partial charge in [0, 0.05) is 6.54 Å². The van der Waals surface area contributed by atoms with Crippen LogP contribution in [0, 0.1) is 6.92 Å². The zero-order valence-electron chi connectivity index (χ0n) is 9.97. The molecule has 1 heterocycles. The van der Waals surface area contributed by atoms with Gasteiger partial charge in [-0.1, -0.05) is 29.8 Å². The van der Waals surface area contributed by atoms with E-state index in [1.54, 1.807) is 19.5 Å². The molecular weight excluding hydrogens is 214 g/mol. The Labute approximate surface area is 101 Å². The Morgan fingerprint density at radius 3 is 2.65 bits per heavy atom. The summed E-state index contributed by atoms with van der Waals surface area (Å²) >= 11 is 0. The largest absolute Gasteiger partial charge is 0.494 e. The molecule has 1 N–H and O–H groups in total. The van der Waals surface area contributed by atoms with Crippen molar-refractivity contribution in [3.05, 3.63) is 47.8 Å². The molecule has 0 aliphatic heterocycles. The van der Waals surface area contributed by atoms with Crippen molar-refractivity contribution in [1.82, 2.24) is 9.97 Å². The summed E-state index contributed by atoms with van der Waals surface area (Å²) in [4.78, 5) is 8.28. The van der Waals surface area contributed by atoms with E-state index in [2.05, 4.69) is 40.4 Å². The molecule has 0 bridgehead atoms. The molecule has 0 radical (unpaired) electrons. The Hall–Kier alpha value is -2.10. The molecule has 4 nitrogen and oxygen atoms in total. The van der Waals surface area contributed by atoms with Crippen molar-refractivity contribution in [1.29, 1.82) is 0 Å². The van der Waals surface area contributed by atoms with Gasteiger partial charge in [-0.25, -0.2) is 9.97 Å². The van der Waals surface area contributed by atoms with Crippen molar-refractivity contribution in [2.75, 3.05) is 12.4 Å². The van der Waals surface area contributed by atoms with Gasteiger partial charge in [0.2, 0.25) is 5.95 Å².